The standard InChI is InChI=1S/C19H19N5O4S/c20-29(27,28)17-3-1-2-14-18(17)16(25)9-15(19(14)26)23-12-8-13(11-22-10-12)24-6-4-21-5-7-24/h1-3,8,10-11,21H,4-7,9H2,(H2,20,27,28). The molecule has 0 radical (unpaired) electrons. The van der Waals surface area contributed by atoms with Gasteiger partial charge in [-0.1, -0.05) is 12.1 Å². The molecule has 1 fully saturated rings. The summed E-state index contributed by atoms with van der Waals surface area (Å²) >= 11 is 0. The first-order valence-corrected chi connectivity index (χ1v) is 10.6. The van der Waals surface area contributed by atoms with Crippen LogP contribution in [0.2, 0.25) is 0 Å². The smallest absolute Gasteiger partial charge is 0.238 e. The van der Waals surface area contributed by atoms with Gasteiger partial charge in [0.25, 0.3) is 0 Å². The van der Waals surface area contributed by atoms with Crippen molar-refractivity contribution in [1.82, 2.24) is 10.3 Å². The summed E-state index contributed by atoms with van der Waals surface area (Å²) in [6.45, 7) is 3.41. The van der Waals surface area contributed by atoms with Gasteiger partial charge in [0, 0.05) is 37.3 Å². The van der Waals surface area contributed by atoms with E-state index in [9.17, 15) is 18.0 Å². The molecule has 0 atom stereocenters. The maximum absolute atomic E-state index is 12.9. The van der Waals surface area contributed by atoms with Gasteiger partial charge in [-0.3, -0.25) is 14.6 Å². The third-order valence-corrected chi connectivity index (χ3v) is 5.86. The van der Waals surface area contributed by atoms with E-state index in [0.717, 1.165) is 31.9 Å². The average Bonchev–Trinajstić information content (AvgIpc) is 2.71. The summed E-state index contributed by atoms with van der Waals surface area (Å²) < 4.78 is 23.6. The number of nitrogens with zero attached hydrogens (tertiary/aromatic N) is 3. The molecule has 9 nitrogen and oxygen atoms in total. The van der Waals surface area contributed by atoms with Gasteiger partial charge in [-0.05, 0) is 12.1 Å². The van der Waals surface area contributed by atoms with Crippen LogP contribution in [0.5, 0.6) is 0 Å². The predicted molar refractivity (Wildman–Crippen MR) is 108 cm³/mol. The van der Waals surface area contributed by atoms with E-state index in [4.69, 9.17) is 5.14 Å². The lowest BCUT2D eigenvalue weighted by Gasteiger charge is -2.29. The number of anilines is 1. The topological polar surface area (TPSA) is 135 Å². The number of aliphatic imine (C=N–C) groups is 1. The van der Waals surface area contributed by atoms with Crippen LogP contribution in [-0.4, -0.2) is 56.9 Å². The third kappa shape index (κ3) is 3.82. The van der Waals surface area contributed by atoms with Gasteiger partial charge in [0.1, 0.15) is 0 Å². The SMILES string of the molecule is NS(=O)(=O)c1cccc2c1C(=O)CC(=Nc1cncc(N3CCNCC3)c1)C2=O. The Morgan fingerprint density at radius 2 is 1.90 bits per heavy atom. The molecule has 10 heteroatoms. The Morgan fingerprint density at radius 1 is 1.14 bits per heavy atom. The van der Waals surface area contributed by atoms with Crippen LogP contribution >= 0.6 is 0 Å². The van der Waals surface area contributed by atoms with Crippen LogP contribution in [0.3, 0.4) is 0 Å². The molecule has 0 spiro atoms. The first kappa shape index (κ1) is 19.4. The molecule has 0 amide bonds. The minimum atomic E-state index is -4.13. The number of primary sulfonamides is 1. The zero-order valence-electron chi connectivity index (χ0n) is 15.5. The summed E-state index contributed by atoms with van der Waals surface area (Å²) in [4.78, 5) is 35.9. The second kappa shape index (κ2) is 7.47. The molecule has 3 N–H and O–H groups in total. The van der Waals surface area contributed by atoms with Gasteiger partial charge in [0.15, 0.2) is 5.78 Å². The van der Waals surface area contributed by atoms with Gasteiger partial charge in [-0.15, -0.1) is 0 Å². The number of hydrogen-bond acceptors (Lipinski definition) is 8. The number of aromatic nitrogens is 1. The van der Waals surface area contributed by atoms with E-state index in [1.807, 2.05) is 6.07 Å². The van der Waals surface area contributed by atoms with E-state index in [2.05, 4.69) is 20.2 Å². The second-order valence-electron chi connectivity index (χ2n) is 6.85. The molecular weight excluding hydrogens is 394 g/mol. The summed E-state index contributed by atoms with van der Waals surface area (Å²) in [7, 11) is -4.13. The Bertz CT molecular complexity index is 1140. The van der Waals surface area contributed by atoms with Crippen molar-refractivity contribution in [2.24, 2.45) is 10.1 Å². The van der Waals surface area contributed by atoms with Crippen molar-refractivity contribution in [1.29, 1.82) is 0 Å². The molecule has 1 aliphatic heterocycles. The number of carbonyl (C=O) groups excluding carboxylic acids is 2. The van der Waals surface area contributed by atoms with Gasteiger partial charge in [-0.25, -0.2) is 18.5 Å². The van der Waals surface area contributed by atoms with Gasteiger partial charge < -0.3 is 10.2 Å². The van der Waals surface area contributed by atoms with Gasteiger partial charge in [-0.2, -0.15) is 0 Å². The fourth-order valence-corrected chi connectivity index (χ4v) is 4.32. The minimum absolute atomic E-state index is 0.00209. The fraction of sp³-hybridized carbons (Fsp3) is 0.263. The molecule has 4 rings (SSSR count). The molecule has 1 saturated heterocycles. The maximum atomic E-state index is 12.9. The van der Waals surface area contributed by atoms with Crippen molar-refractivity contribution < 1.29 is 18.0 Å². The Labute approximate surface area is 167 Å². The maximum Gasteiger partial charge on any atom is 0.238 e. The summed E-state index contributed by atoms with van der Waals surface area (Å²) in [5.41, 5.74) is 1.24. The number of rotatable bonds is 3. The number of benzene rings is 1. The molecule has 2 heterocycles. The van der Waals surface area contributed by atoms with Crippen molar-refractivity contribution in [3.05, 3.63) is 47.8 Å². The van der Waals surface area contributed by atoms with Crippen molar-refractivity contribution in [2.75, 3.05) is 31.1 Å². The number of fused-ring (bicyclic) bond motifs is 1. The quantitative estimate of drug-likeness (QED) is 0.755. The van der Waals surface area contributed by atoms with E-state index in [1.165, 1.54) is 24.4 Å². The number of piperazine rings is 1. The first-order chi connectivity index (χ1) is 13.8. The average molecular weight is 413 g/mol. The van der Waals surface area contributed by atoms with E-state index < -0.39 is 21.6 Å². The monoisotopic (exact) mass is 413 g/mol. The highest BCUT2D eigenvalue weighted by Gasteiger charge is 2.33. The first-order valence-electron chi connectivity index (χ1n) is 9.06. The van der Waals surface area contributed by atoms with Gasteiger partial charge in [0.2, 0.25) is 15.8 Å². The lowest BCUT2D eigenvalue weighted by atomic mass is 9.88. The molecule has 1 aliphatic carbocycles. The number of Topliss-reactive ketones (excluding diaryl/α,β-unsaturated/α-hetero) is 2. The molecule has 29 heavy (non-hydrogen) atoms. The number of pyridine rings is 1. The van der Waals surface area contributed by atoms with Crippen LogP contribution < -0.4 is 15.4 Å². The van der Waals surface area contributed by atoms with Crippen molar-refractivity contribution in [3.63, 3.8) is 0 Å². The highest BCUT2D eigenvalue weighted by molar-refractivity contribution is 7.89. The summed E-state index contributed by atoms with van der Waals surface area (Å²) in [6, 6.07) is 5.84. The normalized spacial score (nSPS) is 18.8. The number of nitrogens with one attached hydrogen (secondary N) is 1. The lowest BCUT2D eigenvalue weighted by molar-refractivity contribution is 0.0962. The van der Waals surface area contributed by atoms with Crippen molar-refractivity contribution in [3.8, 4) is 0 Å². The molecule has 0 unspecified atom stereocenters. The molecule has 2 aromatic rings. The van der Waals surface area contributed by atoms with Crippen LogP contribution in [0, 0.1) is 0 Å². The van der Waals surface area contributed by atoms with Crippen LogP contribution in [0.4, 0.5) is 11.4 Å². The highest BCUT2D eigenvalue weighted by atomic mass is 32.2. The number of nitrogens with two attached hydrogens (primary N) is 1. The van der Waals surface area contributed by atoms with E-state index in [1.54, 1.807) is 6.20 Å². The summed E-state index contributed by atoms with van der Waals surface area (Å²) in [5, 5.41) is 8.47. The minimum Gasteiger partial charge on any atom is -0.368 e. The molecular formula is C19H19N5O4S. The van der Waals surface area contributed by atoms with E-state index >= 15 is 0 Å². The van der Waals surface area contributed by atoms with Gasteiger partial charge in [0.05, 0.1) is 40.8 Å². The van der Waals surface area contributed by atoms with Crippen LogP contribution in [0.1, 0.15) is 27.1 Å². The molecule has 2 aliphatic rings. The molecule has 0 saturated carbocycles. The summed E-state index contributed by atoms with van der Waals surface area (Å²) in [6.07, 6.45) is 2.96. The van der Waals surface area contributed by atoms with Crippen LogP contribution in [0.15, 0.2) is 46.5 Å². The van der Waals surface area contributed by atoms with Crippen LogP contribution in [-0.2, 0) is 10.0 Å². The number of hydrogen-bond donors (Lipinski definition) is 2. The highest BCUT2D eigenvalue weighted by Crippen LogP contribution is 2.28. The van der Waals surface area contributed by atoms with E-state index in [-0.39, 0.29) is 28.2 Å². The lowest BCUT2D eigenvalue weighted by Crippen LogP contribution is -2.43. The second-order valence-corrected chi connectivity index (χ2v) is 8.38. The number of sulfonamides is 1. The van der Waals surface area contributed by atoms with E-state index in [0.29, 0.717) is 5.69 Å². The number of carbonyl (C=O) groups is 2. The van der Waals surface area contributed by atoms with Gasteiger partial charge >= 0.3 is 0 Å². The van der Waals surface area contributed by atoms with Crippen LogP contribution in [0.25, 0.3) is 0 Å². The molecule has 0 bridgehead atoms. The van der Waals surface area contributed by atoms with Crippen molar-refractivity contribution in [2.45, 2.75) is 11.3 Å². The Kier molecular flexibility index (Phi) is 4.99. The zero-order valence-corrected chi connectivity index (χ0v) is 16.3. The Balaban J connectivity index is 1.71. The Hall–Kier alpha value is -2.95. The molecule has 1 aromatic carbocycles. The zero-order chi connectivity index (χ0) is 20.6. The molecule has 150 valence electrons. The fourth-order valence-electron chi connectivity index (χ4n) is 3.54. The predicted octanol–water partition coefficient (Wildman–Crippen LogP) is 0.680. The largest absolute Gasteiger partial charge is 0.368 e. The number of ketones is 2. The molecule has 1 aromatic heterocycles. The summed E-state index contributed by atoms with van der Waals surface area (Å²) in [5.74, 6) is -0.994. The third-order valence-electron chi connectivity index (χ3n) is 4.90. The Morgan fingerprint density at radius 3 is 2.62 bits per heavy atom. The van der Waals surface area contributed by atoms with Crippen molar-refractivity contribution >= 4 is 38.7 Å².